The summed E-state index contributed by atoms with van der Waals surface area (Å²) < 4.78 is 0. The molecule has 0 aromatic carbocycles. The van der Waals surface area contributed by atoms with E-state index in [1.165, 1.54) is 0 Å². The maximum Gasteiger partial charge on any atom is 0.152 e. The molecule has 2 N–H and O–H groups in total. The lowest BCUT2D eigenvalue weighted by Crippen LogP contribution is -2.17. The zero-order chi connectivity index (χ0) is 9.90. The van der Waals surface area contributed by atoms with E-state index in [1.54, 1.807) is 6.20 Å². The molecule has 0 saturated heterocycles. The summed E-state index contributed by atoms with van der Waals surface area (Å²) in [7, 11) is 0. The van der Waals surface area contributed by atoms with Crippen molar-refractivity contribution in [3.8, 4) is 0 Å². The van der Waals surface area contributed by atoms with E-state index in [1.807, 2.05) is 0 Å². The number of aromatic nitrogens is 3. The average molecular weight is 180 g/mol. The van der Waals surface area contributed by atoms with Crippen LogP contribution in [0.5, 0.6) is 0 Å². The molecule has 4 nitrogen and oxygen atoms in total. The maximum absolute atomic E-state index is 5.41. The summed E-state index contributed by atoms with van der Waals surface area (Å²) in [5.41, 5.74) is 6.40. The Balaban J connectivity index is 2.92. The highest BCUT2D eigenvalue weighted by atomic mass is 15.1. The molecular formula is C9H16N4. The highest BCUT2D eigenvalue weighted by Crippen LogP contribution is 2.18. The van der Waals surface area contributed by atoms with E-state index in [4.69, 9.17) is 5.73 Å². The first kappa shape index (κ1) is 10.1. The van der Waals surface area contributed by atoms with Gasteiger partial charge in [0.1, 0.15) is 0 Å². The zero-order valence-corrected chi connectivity index (χ0v) is 8.41. The predicted octanol–water partition coefficient (Wildman–Crippen LogP) is 0.670. The van der Waals surface area contributed by atoms with Crippen molar-refractivity contribution < 1.29 is 0 Å². The molecule has 1 rings (SSSR count). The molecule has 1 aromatic rings. The molecule has 0 aliphatic rings. The quantitative estimate of drug-likeness (QED) is 0.726. The highest BCUT2D eigenvalue weighted by molar-refractivity contribution is 5.08. The fourth-order valence-electron chi connectivity index (χ4n) is 0.937. The Kier molecular flexibility index (Phi) is 2.93. The van der Waals surface area contributed by atoms with Crippen LogP contribution >= 0.6 is 0 Å². The molecule has 1 heterocycles. The van der Waals surface area contributed by atoms with Gasteiger partial charge in [-0.3, -0.25) is 0 Å². The smallest absolute Gasteiger partial charge is 0.152 e. The van der Waals surface area contributed by atoms with Crippen molar-refractivity contribution in [1.29, 1.82) is 0 Å². The van der Waals surface area contributed by atoms with Crippen molar-refractivity contribution in [2.24, 2.45) is 5.73 Å². The Hall–Kier alpha value is -1.03. The fraction of sp³-hybridized carbons (Fsp3) is 0.667. The summed E-state index contributed by atoms with van der Waals surface area (Å²) in [6, 6.07) is 0. The second-order valence-corrected chi connectivity index (χ2v) is 4.05. The van der Waals surface area contributed by atoms with Gasteiger partial charge in [0.05, 0.1) is 11.9 Å². The minimum absolute atomic E-state index is 0.0271. The molecule has 0 radical (unpaired) electrons. The van der Waals surface area contributed by atoms with Crippen LogP contribution < -0.4 is 5.73 Å². The summed E-state index contributed by atoms with van der Waals surface area (Å²) in [4.78, 5) is 4.38. The van der Waals surface area contributed by atoms with Gasteiger partial charge in [-0.15, -0.1) is 5.10 Å². The molecule has 0 aliphatic carbocycles. The molecule has 1 aromatic heterocycles. The van der Waals surface area contributed by atoms with Gasteiger partial charge in [0.25, 0.3) is 0 Å². The van der Waals surface area contributed by atoms with Gasteiger partial charge in [-0.2, -0.15) is 5.10 Å². The molecule has 0 spiro atoms. The molecule has 0 bridgehead atoms. The van der Waals surface area contributed by atoms with E-state index in [9.17, 15) is 0 Å². The Morgan fingerprint density at radius 2 is 2.08 bits per heavy atom. The van der Waals surface area contributed by atoms with Crippen LogP contribution in [0.4, 0.5) is 0 Å². The lowest BCUT2D eigenvalue weighted by Gasteiger charge is -2.16. The molecule has 0 atom stereocenters. The molecule has 0 fully saturated rings. The van der Waals surface area contributed by atoms with Gasteiger partial charge in [0, 0.05) is 11.8 Å². The topological polar surface area (TPSA) is 64.7 Å². The number of rotatable bonds is 2. The van der Waals surface area contributed by atoms with E-state index in [0.717, 1.165) is 11.5 Å². The highest BCUT2D eigenvalue weighted by Gasteiger charge is 2.16. The van der Waals surface area contributed by atoms with Crippen LogP contribution in [0.3, 0.4) is 0 Å². The Labute approximate surface area is 78.6 Å². The number of nitrogens with zero attached hydrogens (tertiary/aromatic N) is 3. The van der Waals surface area contributed by atoms with Crippen molar-refractivity contribution >= 4 is 0 Å². The largest absolute Gasteiger partial charge is 0.330 e. The first-order valence-corrected chi connectivity index (χ1v) is 4.43. The van der Waals surface area contributed by atoms with Crippen LogP contribution in [0.15, 0.2) is 6.20 Å². The Morgan fingerprint density at radius 1 is 1.38 bits per heavy atom. The molecule has 0 saturated carbocycles. The summed E-state index contributed by atoms with van der Waals surface area (Å²) in [5.74, 6) is 0.731. The third-order valence-electron chi connectivity index (χ3n) is 1.74. The van der Waals surface area contributed by atoms with Gasteiger partial charge in [0.2, 0.25) is 0 Å². The van der Waals surface area contributed by atoms with E-state index in [-0.39, 0.29) is 5.41 Å². The Bertz CT molecular complexity index is 277. The first-order chi connectivity index (χ1) is 6.04. The van der Waals surface area contributed by atoms with Gasteiger partial charge in [-0.05, 0) is 6.54 Å². The lowest BCUT2D eigenvalue weighted by atomic mass is 9.93. The summed E-state index contributed by atoms with van der Waals surface area (Å²) in [6.45, 7) is 6.87. The number of hydrogen-bond acceptors (Lipinski definition) is 4. The summed E-state index contributed by atoms with van der Waals surface area (Å²) in [6.07, 6.45) is 2.40. The number of hydrogen-bond donors (Lipinski definition) is 1. The van der Waals surface area contributed by atoms with Gasteiger partial charge in [-0.1, -0.05) is 20.8 Å². The second-order valence-electron chi connectivity index (χ2n) is 4.05. The minimum Gasteiger partial charge on any atom is -0.330 e. The average Bonchev–Trinajstić information content (AvgIpc) is 2.04. The zero-order valence-electron chi connectivity index (χ0n) is 8.41. The number of nitrogens with two attached hydrogens (primary N) is 1. The van der Waals surface area contributed by atoms with Gasteiger partial charge in [-0.25, -0.2) is 4.98 Å². The molecular weight excluding hydrogens is 164 g/mol. The van der Waals surface area contributed by atoms with Crippen LogP contribution in [0.25, 0.3) is 0 Å². The third kappa shape index (κ3) is 2.73. The molecule has 0 aliphatic heterocycles. The van der Waals surface area contributed by atoms with Crippen LogP contribution in [-0.4, -0.2) is 21.7 Å². The van der Waals surface area contributed by atoms with E-state index in [0.29, 0.717) is 13.0 Å². The van der Waals surface area contributed by atoms with Crippen molar-refractivity contribution in [3.05, 3.63) is 17.7 Å². The van der Waals surface area contributed by atoms with Crippen molar-refractivity contribution in [2.75, 3.05) is 6.54 Å². The molecule has 0 unspecified atom stereocenters. The normalized spacial score (nSPS) is 11.7. The van der Waals surface area contributed by atoms with Crippen LogP contribution in [0.1, 0.15) is 32.3 Å². The summed E-state index contributed by atoms with van der Waals surface area (Å²) in [5, 5.41) is 7.80. The van der Waals surface area contributed by atoms with Gasteiger partial charge in [0.15, 0.2) is 5.82 Å². The van der Waals surface area contributed by atoms with E-state index < -0.39 is 0 Å². The monoisotopic (exact) mass is 180 g/mol. The first-order valence-electron chi connectivity index (χ1n) is 4.43. The van der Waals surface area contributed by atoms with Crippen LogP contribution in [-0.2, 0) is 11.8 Å². The van der Waals surface area contributed by atoms with E-state index >= 15 is 0 Å². The SMILES string of the molecule is CC(C)(C)c1cnnc(CCN)n1. The molecule has 72 valence electrons. The van der Waals surface area contributed by atoms with Gasteiger partial charge < -0.3 is 5.73 Å². The molecule has 0 amide bonds. The van der Waals surface area contributed by atoms with E-state index in [2.05, 4.69) is 36.0 Å². The second kappa shape index (κ2) is 3.79. The van der Waals surface area contributed by atoms with Crippen molar-refractivity contribution in [3.63, 3.8) is 0 Å². The lowest BCUT2D eigenvalue weighted by molar-refractivity contribution is 0.553. The van der Waals surface area contributed by atoms with Crippen LogP contribution in [0, 0.1) is 0 Å². The molecule has 13 heavy (non-hydrogen) atoms. The predicted molar refractivity (Wildman–Crippen MR) is 51.3 cm³/mol. The fourth-order valence-corrected chi connectivity index (χ4v) is 0.937. The van der Waals surface area contributed by atoms with Crippen LogP contribution in [0.2, 0.25) is 0 Å². The van der Waals surface area contributed by atoms with Gasteiger partial charge >= 0.3 is 0 Å². The minimum atomic E-state index is 0.0271. The molecule has 4 heteroatoms. The third-order valence-corrected chi connectivity index (χ3v) is 1.74. The van der Waals surface area contributed by atoms with Crippen molar-refractivity contribution in [1.82, 2.24) is 15.2 Å². The Morgan fingerprint density at radius 3 is 2.62 bits per heavy atom. The maximum atomic E-state index is 5.41. The standard InChI is InChI=1S/C9H16N4/c1-9(2,3)7-6-11-13-8(12-7)4-5-10/h6H,4-5,10H2,1-3H3. The summed E-state index contributed by atoms with van der Waals surface area (Å²) >= 11 is 0. The van der Waals surface area contributed by atoms with Crippen molar-refractivity contribution in [2.45, 2.75) is 32.6 Å².